The van der Waals surface area contributed by atoms with Gasteiger partial charge in [0.2, 0.25) is 0 Å². The van der Waals surface area contributed by atoms with Crippen molar-refractivity contribution < 1.29 is 9.90 Å². The molecule has 0 saturated carbocycles. The van der Waals surface area contributed by atoms with Gasteiger partial charge in [-0.25, -0.2) is 4.98 Å². The van der Waals surface area contributed by atoms with Gasteiger partial charge < -0.3 is 21.1 Å². The highest BCUT2D eigenvalue weighted by molar-refractivity contribution is 7.18. The van der Waals surface area contributed by atoms with E-state index in [0.717, 1.165) is 32.2 Å². The number of anilines is 2. The number of likely N-dealkylation sites (tertiary alicyclic amines) is 1. The van der Waals surface area contributed by atoms with Gasteiger partial charge in [0.25, 0.3) is 5.91 Å². The number of aliphatic hydroxyl groups excluding tert-OH is 1. The number of carbonyl (C=O) groups is 1. The fourth-order valence-electron chi connectivity index (χ4n) is 2.45. The number of thiazole rings is 1. The minimum atomic E-state index is -0.0306. The first-order chi connectivity index (χ1) is 9.17. The Balaban J connectivity index is 2.11. The molecule has 0 aromatic carbocycles. The third-order valence-corrected chi connectivity index (χ3v) is 4.47. The number of hydrogen-bond donors (Lipinski definition) is 3. The SMILES string of the molecule is CNc1nc(N)c(C(=O)N2CCCC2CCCO)s1. The summed E-state index contributed by atoms with van der Waals surface area (Å²) in [7, 11) is 1.76. The fourth-order valence-corrected chi connectivity index (χ4v) is 3.25. The second kappa shape index (κ2) is 6.21. The molecule has 0 spiro atoms. The number of hydrogen-bond acceptors (Lipinski definition) is 6. The predicted molar refractivity (Wildman–Crippen MR) is 76.5 cm³/mol. The maximum absolute atomic E-state index is 12.5. The van der Waals surface area contributed by atoms with Crippen molar-refractivity contribution in [1.29, 1.82) is 0 Å². The minimum absolute atomic E-state index is 0.0306. The number of rotatable bonds is 5. The van der Waals surface area contributed by atoms with E-state index in [1.807, 2.05) is 4.90 Å². The summed E-state index contributed by atoms with van der Waals surface area (Å²) in [5, 5.41) is 12.5. The second-order valence-corrected chi connectivity index (χ2v) is 5.64. The number of nitrogens with zero attached hydrogens (tertiary/aromatic N) is 2. The van der Waals surface area contributed by atoms with E-state index in [4.69, 9.17) is 10.8 Å². The van der Waals surface area contributed by atoms with Crippen LogP contribution in [0.2, 0.25) is 0 Å². The molecule has 1 amide bonds. The molecule has 106 valence electrons. The highest BCUT2D eigenvalue weighted by Crippen LogP contribution is 2.30. The topological polar surface area (TPSA) is 91.5 Å². The summed E-state index contributed by atoms with van der Waals surface area (Å²) in [5.74, 6) is 0.268. The van der Waals surface area contributed by atoms with Gasteiger partial charge in [-0.3, -0.25) is 4.79 Å². The van der Waals surface area contributed by atoms with Crippen LogP contribution < -0.4 is 11.1 Å². The Bertz CT molecular complexity index is 449. The van der Waals surface area contributed by atoms with E-state index in [-0.39, 0.29) is 18.6 Å². The van der Waals surface area contributed by atoms with E-state index >= 15 is 0 Å². The highest BCUT2D eigenvalue weighted by Gasteiger charge is 2.31. The number of nitrogens with two attached hydrogens (primary N) is 1. The van der Waals surface area contributed by atoms with Crippen molar-refractivity contribution in [2.24, 2.45) is 0 Å². The maximum Gasteiger partial charge on any atom is 0.268 e. The average molecular weight is 284 g/mol. The highest BCUT2D eigenvalue weighted by atomic mass is 32.1. The van der Waals surface area contributed by atoms with Gasteiger partial charge in [0.15, 0.2) is 5.13 Å². The molecule has 1 aromatic heterocycles. The van der Waals surface area contributed by atoms with Crippen molar-refractivity contribution in [2.45, 2.75) is 31.7 Å². The molecule has 1 aliphatic rings. The predicted octanol–water partition coefficient (Wildman–Crippen LogP) is 1.14. The molecule has 0 bridgehead atoms. The monoisotopic (exact) mass is 284 g/mol. The Hall–Kier alpha value is -1.34. The van der Waals surface area contributed by atoms with Crippen LogP contribution in [0.1, 0.15) is 35.4 Å². The Kier molecular flexibility index (Phi) is 4.60. The first kappa shape index (κ1) is 14.1. The van der Waals surface area contributed by atoms with Gasteiger partial charge in [-0.15, -0.1) is 0 Å². The summed E-state index contributed by atoms with van der Waals surface area (Å²) in [4.78, 5) is 19.0. The van der Waals surface area contributed by atoms with Crippen LogP contribution in [0.3, 0.4) is 0 Å². The first-order valence-corrected chi connectivity index (χ1v) is 7.35. The molecule has 2 heterocycles. The Morgan fingerprint density at radius 3 is 3.11 bits per heavy atom. The molecule has 1 aliphatic heterocycles. The molecule has 0 aliphatic carbocycles. The van der Waals surface area contributed by atoms with Gasteiger partial charge in [-0.05, 0) is 25.7 Å². The second-order valence-electron chi connectivity index (χ2n) is 4.64. The molecule has 4 N–H and O–H groups in total. The van der Waals surface area contributed by atoms with E-state index in [1.165, 1.54) is 11.3 Å². The van der Waals surface area contributed by atoms with Crippen LogP contribution in [-0.2, 0) is 0 Å². The molecule has 7 heteroatoms. The van der Waals surface area contributed by atoms with Crippen LogP contribution in [0.5, 0.6) is 0 Å². The molecular formula is C12H20N4O2S. The molecule has 1 atom stereocenters. The van der Waals surface area contributed by atoms with Crippen molar-refractivity contribution >= 4 is 28.2 Å². The number of aliphatic hydroxyl groups is 1. The zero-order chi connectivity index (χ0) is 13.8. The van der Waals surface area contributed by atoms with Crippen LogP contribution >= 0.6 is 11.3 Å². The largest absolute Gasteiger partial charge is 0.396 e. The zero-order valence-corrected chi connectivity index (χ0v) is 11.9. The van der Waals surface area contributed by atoms with Gasteiger partial charge in [0.05, 0.1) is 0 Å². The van der Waals surface area contributed by atoms with Gasteiger partial charge in [0.1, 0.15) is 10.7 Å². The quantitative estimate of drug-likeness (QED) is 0.754. The van der Waals surface area contributed by atoms with E-state index in [9.17, 15) is 4.79 Å². The molecule has 19 heavy (non-hydrogen) atoms. The fraction of sp³-hybridized carbons (Fsp3) is 0.667. The van der Waals surface area contributed by atoms with Gasteiger partial charge >= 0.3 is 0 Å². The lowest BCUT2D eigenvalue weighted by atomic mass is 10.1. The minimum Gasteiger partial charge on any atom is -0.396 e. The lowest BCUT2D eigenvalue weighted by molar-refractivity contribution is 0.0730. The van der Waals surface area contributed by atoms with Gasteiger partial charge in [-0.2, -0.15) is 0 Å². The smallest absolute Gasteiger partial charge is 0.268 e. The van der Waals surface area contributed by atoms with Gasteiger partial charge in [0, 0.05) is 26.2 Å². The number of nitrogens with one attached hydrogen (secondary N) is 1. The van der Waals surface area contributed by atoms with Crippen molar-refractivity contribution in [3.05, 3.63) is 4.88 Å². The number of nitrogen functional groups attached to an aromatic ring is 1. The Morgan fingerprint density at radius 2 is 2.47 bits per heavy atom. The molecule has 1 fully saturated rings. The van der Waals surface area contributed by atoms with Crippen LogP contribution in [-0.4, -0.2) is 47.1 Å². The van der Waals surface area contributed by atoms with E-state index in [1.54, 1.807) is 7.05 Å². The summed E-state index contributed by atoms with van der Waals surface area (Å²) in [6.07, 6.45) is 3.59. The van der Waals surface area contributed by atoms with Crippen molar-refractivity contribution in [2.75, 3.05) is 31.2 Å². The molecule has 1 unspecified atom stereocenters. The molecular weight excluding hydrogens is 264 g/mol. The lowest BCUT2D eigenvalue weighted by Gasteiger charge is -2.24. The standard InChI is InChI=1S/C12H20N4O2S/c1-14-12-15-10(13)9(19-12)11(18)16-6-2-4-8(16)5-3-7-17/h8,17H,2-7,13H2,1H3,(H,14,15). The third-order valence-electron chi connectivity index (χ3n) is 3.39. The van der Waals surface area contributed by atoms with Crippen molar-refractivity contribution in [1.82, 2.24) is 9.88 Å². The van der Waals surface area contributed by atoms with E-state index in [0.29, 0.717) is 15.8 Å². The summed E-state index contributed by atoms with van der Waals surface area (Å²) >= 11 is 1.29. The maximum atomic E-state index is 12.5. The molecule has 6 nitrogen and oxygen atoms in total. The van der Waals surface area contributed by atoms with Crippen LogP contribution in [0, 0.1) is 0 Å². The van der Waals surface area contributed by atoms with Crippen LogP contribution in [0.15, 0.2) is 0 Å². The number of amides is 1. The summed E-state index contributed by atoms with van der Waals surface area (Å²) in [6.45, 7) is 0.937. The zero-order valence-electron chi connectivity index (χ0n) is 11.1. The first-order valence-electron chi connectivity index (χ1n) is 6.53. The summed E-state index contributed by atoms with van der Waals surface area (Å²) < 4.78 is 0. The normalized spacial score (nSPS) is 18.8. The van der Waals surface area contributed by atoms with Crippen LogP contribution in [0.25, 0.3) is 0 Å². The average Bonchev–Trinajstić information content (AvgIpc) is 3.01. The molecule has 1 saturated heterocycles. The summed E-state index contributed by atoms with van der Waals surface area (Å²) in [6, 6.07) is 0.221. The van der Waals surface area contributed by atoms with E-state index in [2.05, 4.69) is 10.3 Å². The Labute approximate surface area is 116 Å². The molecule has 2 rings (SSSR count). The lowest BCUT2D eigenvalue weighted by Crippen LogP contribution is -2.35. The third kappa shape index (κ3) is 2.98. The Morgan fingerprint density at radius 1 is 1.68 bits per heavy atom. The van der Waals surface area contributed by atoms with Crippen molar-refractivity contribution in [3.8, 4) is 0 Å². The number of aromatic nitrogens is 1. The van der Waals surface area contributed by atoms with Crippen LogP contribution in [0.4, 0.5) is 10.9 Å². The van der Waals surface area contributed by atoms with Crippen molar-refractivity contribution in [3.63, 3.8) is 0 Å². The van der Waals surface area contributed by atoms with Gasteiger partial charge in [-0.1, -0.05) is 11.3 Å². The summed E-state index contributed by atoms with van der Waals surface area (Å²) in [5.41, 5.74) is 5.80. The number of carbonyl (C=O) groups excluding carboxylic acids is 1. The van der Waals surface area contributed by atoms with E-state index < -0.39 is 0 Å². The molecule has 1 aromatic rings. The molecule has 0 radical (unpaired) electrons.